The highest BCUT2D eigenvalue weighted by atomic mass is 32.2. The molecule has 0 amide bonds. The zero-order valence-electron chi connectivity index (χ0n) is 17.3. The molecular weight excluding hydrogens is 401 g/mol. The number of hydrogen-bond acceptors (Lipinski definition) is 3. The minimum Gasteiger partial charge on any atom is -0.303 e. The number of halogens is 3. The summed E-state index contributed by atoms with van der Waals surface area (Å²) in [6, 6.07) is 3.58. The Morgan fingerprint density at radius 2 is 1.66 bits per heavy atom. The van der Waals surface area contributed by atoms with Crippen molar-refractivity contribution in [2.24, 2.45) is 5.92 Å². The Balaban J connectivity index is 1.94. The van der Waals surface area contributed by atoms with E-state index in [1.807, 2.05) is 0 Å². The summed E-state index contributed by atoms with van der Waals surface area (Å²) in [4.78, 5) is 2.15. The summed E-state index contributed by atoms with van der Waals surface area (Å²) in [7, 11) is -0.201. The smallest absolute Gasteiger partial charge is 0.303 e. The van der Waals surface area contributed by atoms with Gasteiger partial charge >= 0.3 is 6.18 Å². The second-order valence-corrected chi connectivity index (χ2v) is 9.80. The molecule has 0 bridgehead atoms. The zero-order valence-corrected chi connectivity index (χ0v) is 18.1. The topological polar surface area (TPSA) is 40.6 Å². The van der Waals surface area contributed by atoms with Crippen molar-refractivity contribution in [1.29, 1.82) is 0 Å². The highest BCUT2D eigenvalue weighted by molar-refractivity contribution is 7.89. The van der Waals surface area contributed by atoms with Gasteiger partial charge in [-0.1, -0.05) is 19.1 Å². The highest BCUT2D eigenvalue weighted by Crippen LogP contribution is 2.32. The average molecular weight is 433 g/mol. The molecule has 0 atom stereocenters. The number of rotatable bonds is 8. The molecule has 0 spiro atoms. The molecule has 0 aliphatic heterocycles. The van der Waals surface area contributed by atoms with Crippen LogP contribution in [0.15, 0.2) is 41.3 Å². The van der Waals surface area contributed by atoms with Crippen LogP contribution >= 0.6 is 0 Å². The molecule has 0 N–H and O–H groups in total. The van der Waals surface area contributed by atoms with Crippen LogP contribution in [-0.4, -0.2) is 50.8 Å². The minimum atomic E-state index is -4.48. The molecule has 1 aliphatic carbocycles. The van der Waals surface area contributed by atoms with E-state index in [1.54, 1.807) is 0 Å². The van der Waals surface area contributed by atoms with Crippen molar-refractivity contribution < 1.29 is 21.6 Å². The lowest BCUT2D eigenvalue weighted by Gasteiger charge is -2.33. The predicted octanol–water partition coefficient (Wildman–Crippen LogP) is 4.78. The van der Waals surface area contributed by atoms with E-state index in [0.29, 0.717) is 5.92 Å². The fourth-order valence-corrected chi connectivity index (χ4v) is 5.16. The number of hydrogen-bond donors (Lipinski definition) is 0. The molecule has 1 fully saturated rings. The van der Waals surface area contributed by atoms with Gasteiger partial charge in [0, 0.05) is 19.6 Å². The first-order chi connectivity index (χ1) is 13.6. The molecule has 0 heterocycles. The maximum atomic E-state index is 12.8. The number of nitrogens with zero attached hydrogens (tertiary/aromatic N) is 2. The average Bonchev–Trinajstić information content (AvgIpc) is 2.67. The van der Waals surface area contributed by atoms with Crippen LogP contribution in [0.1, 0.15) is 44.6 Å². The van der Waals surface area contributed by atoms with Gasteiger partial charge in [-0.2, -0.15) is 17.5 Å². The second kappa shape index (κ2) is 10.1. The first-order valence-corrected chi connectivity index (χ1v) is 11.5. The van der Waals surface area contributed by atoms with Gasteiger partial charge in [0.15, 0.2) is 0 Å². The van der Waals surface area contributed by atoms with Crippen LogP contribution in [0.2, 0.25) is 0 Å². The predicted molar refractivity (Wildman–Crippen MR) is 109 cm³/mol. The first-order valence-electron chi connectivity index (χ1n) is 10.1. The molecule has 0 aromatic heterocycles. The maximum absolute atomic E-state index is 12.8. The largest absolute Gasteiger partial charge is 0.416 e. The zero-order chi connectivity index (χ0) is 21.7. The Hall–Kier alpha value is -1.38. The van der Waals surface area contributed by atoms with E-state index in [1.165, 1.54) is 11.4 Å². The number of likely N-dealkylation sites (N-methyl/N-ethyl adjacent to an activating group) is 1. The van der Waals surface area contributed by atoms with Crippen LogP contribution in [0.3, 0.4) is 0 Å². The lowest BCUT2D eigenvalue weighted by Crippen LogP contribution is -2.39. The van der Waals surface area contributed by atoms with E-state index in [2.05, 4.69) is 31.0 Å². The molecule has 1 saturated carbocycles. The molecule has 0 radical (unpaired) electrons. The number of allylic oxidation sites excluding steroid dienone is 1. The van der Waals surface area contributed by atoms with E-state index in [9.17, 15) is 21.6 Å². The van der Waals surface area contributed by atoms with Crippen molar-refractivity contribution in [3.05, 3.63) is 42.0 Å². The monoisotopic (exact) mass is 432 g/mol. The third-order valence-corrected chi connectivity index (χ3v) is 7.47. The van der Waals surface area contributed by atoms with Gasteiger partial charge in [0.1, 0.15) is 0 Å². The van der Waals surface area contributed by atoms with Crippen LogP contribution in [0.4, 0.5) is 13.2 Å². The van der Waals surface area contributed by atoms with Crippen molar-refractivity contribution in [3.63, 3.8) is 0 Å². The van der Waals surface area contributed by atoms with E-state index < -0.39 is 21.8 Å². The molecular formula is C21H31F3N2O2S. The van der Waals surface area contributed by atoms with Crippen LogP contribution < -0.4 is 0 Å². The van der Waals surface area contributed by atoms with Gasteiger partial charge in [0.05, 0.1) is 10.5 Å². The molecule has 4 nitrogen and oxygen atoms in total. The Morgan fingerprint density at radius 3 is 2.17 bits per heavy atom. The Labute approximate surface area is 172 Å². The Bertz CT molecular complexity index is 768. The summed E-state index contributed by atoms with van der Waals surface area (Å²) >= 11 is 0. The molecule has 1 aliphatic rings. The summed E-state index contributed by atoms with van der Waals surface area (Å²) in [5.41, 5.74) is -0.851. The third-order valence-electron chi connectivity index (χ3n) is 5.54. The first kappa shape index (κ1) is 23.9. The van der Waals surface area contributed by atoms with Gasteiger partial charge in [-0.15, -0.1) is 0 Å². The van der Waals surface area contributed by atoms with Crippen molar-refractivity contribution in [3.8, 4) is 0 Å². The van der Waals surface area contributed by atoms with Crippen LogP contribution in [0, 0.1) is 5.92 Å². The van der Waals surface area contributed by atoms with Crippen molar-refractivity contribution in [2.75, 3.05) is 27.2 Å². The van der Waals surface area contributed by atoms with Crippen LogP contribution in [0.5, 0.6) is 0 Å². The quantitative estimate of drug-likeness (QED) is 0.555. The van der Waals surface area contributed by atoms with E-state index in [4.69, 9.17) is 0 Å². The minimum absolute atomic E-state index is 0.103. The van der Waals surface area contributed by atoms with Gasteiger partial charge in [-0.25, -0.2) is 8.42 Å². The normalized spacial score (nSPS) is 21.4. The molecule has 0 unspecified atom stereocenters. The molecule has 29 heavy (non-hydrogen) atoms. The molecule has 8 heteroatoms. The fourth-order valence-electron chi connectivity index (χ4n) is 3.74. The van der Waals surface area contributed by atoms with Crippen LogP contribution in [0.25, 0.3) is 0 Å². The lowest BCUT2D eigenvalue weighted by atomic mass is 9.86. The van der Waals surface area contributed by atoms with Crippen molar-refractivity contribution >= 4 is 10.0 Å². The summed E-state index contributed by atoms with van der Waals surface area (Å²) < 4.78 is 65.1. The standard InChI is InChI=1S/C21H31F3N2O2S/c1-4-15-25(2)16-5-6-17-7-11-19(12-8-17)26(3)29(27,28)20-13-9-18(10-14-20)21(22,23)24/h5-6,9-10,13-14,17,19H,4,7-8,11-12,15-16H2,1-3H3. The van der Waals surface area contributed by atoms with Crippen molar-refractivity contribution in [1.82, 2.24) is 9.21 Å². The van der Waals surface area contributed by atoms with Gasteiger partial charge in [-0.05, 0) is 75.9 Å². The molecule has 2 rings (SSSR count). The Morgan fingerprint density at radius 1 is 1.07 bits per heavy atom. The SMILES string of the molecule is CCCN(C)CC=CC1CCC(N(C)S(=O)(=O)c2ccc(C(F)(F)F)cc2)CC1. The van der Waals surface area contributed by atoms with Gasteiger partial charge in [0.25, 0.3) is 0 Å². The summed E-state index contributed by atoms with van der Waals surface area (Å²) in [5.74, 6) is 0.448. The molecule has 164 valence electrons. The van der Waals surface area contributed by atoms with Gasteiger partial charge in [-0.3, -0.25) is 0 Å². The molecule has 0 saturated heterocycles. The van der Waals surface area contributed by atoms with E-state index >= 15 is 0 Å². The molecule has 1 aromatic carbocycles. The fraction of sp³-hybridized carbons (Fsp3) is 0.619. The Kier molecular flexibility index (Phi) is 8.31. The summed E-state index contributed by atoms with van der Waals surface area (Å²) in [6.45, 7) is 4.12. The van der Waals surface area contributed by atoms with E-state index in [0.717, 1.165) is 69.5 Å². The number of benzene rings is 1. The molecule has 1 aromatic rings. The number of alkyl halides is 3. The lowest BCUT2D eigenvalue weighted by molar-refractivity contribution is -0.137. The number of sulfonamides is 1. The summed E-state index contributed by atoms with van der Waals surface area (Å²) in [5, 5.41) is 0. The van der Waals surface area contributed by atoms with Gasteiger partial charge < -0.3 is 4.90 Å². The maximum Gasteiger partial charge on any atom is 0.416 e. The van der Waals surface area contributed by atoms with Crippen molar-refractivity contribution in [2.45, 2.75) is 56.1 Å². The highest BCUT2D eigenvalue weighted by Gasteiger charge is 2.33. The summed E-state index contributed by atoms with van der Waals surface area (Å²) in [6.07, 6.45) is 4.36. The second-order valence-electron chi connectivity index (χ2n) is 7.80. The van der Waals surface area contributed by atoms with Gasteiger partial charge in [0.2, 0.25) is 10.0 Å². The van der Waals surface area contributed by atoms with E-state index in [-0.39, 0.29) is 10.9 Å². The van der Waals surface area contributed by atoms with Crippen LogP contribution in [-0.2, 0) is 16.2 Å². The third kappa shape index (κ3) is 6.55.